The Morgan fingerprint density at radius 1 is 0.850 bits per heavy atom. The average Bonchev–Trinajstić information content (AvgIpc) is 2.37. The second-order valence-electron chi connectivity index (χ2n) is 3.99. The van der Waals surface area contributed by atoms with Gasteiger partial charge >= 0.3 is 0 Å². The number of rotatable bonds is 3. The van der Waals surface area contributed by atoms with E-state index in [2.05, 4.69) is 0 Å². The van der Waals surface area contributed by atoms with Gasteiger partial charge in [0.2, 0.25) is 0 Å². The molecule has 0 spiro atoms. The Morgan fingerprint density at radius 3 is 2.05 bits per heavy atom. The van der Waals surface area contributed by atoms with E-state index >= 15 is 0 Å². The van der Waals surface area contributed by atoms with Crippen LogP contribution >= 0.6 is 0 Å². The minimum Gasteiger partial charge on any atom is -0.289 e. The lowest BCUT2D eigenvalue weighted by Gasteiger charge is -1.99. The summed E-state index contributed by atoms with van der Waals surface area (Å²) < 4.78 is 52.0. The second kappa shape index (κ2) is 5.69. The fourth-order valence-electron chi connectivity index (χ4n) is 1.58. The van der Waals surface area contributed by atoms with E-state index in [0.717, 1.165) is 36.4 Å². The molecule has 5 heteroatoms. The number of carbonyl (C=O) groups is 1. The van der Waals surface area contributed by atoms with Crippen LogP contribution in [-0.4, -0.2) is 5.78 Å². The first-order chi connectivity index (χ1) is 9.47. The molecular formula is C15H8F4O. The molecule has 0 aliphatic carbocycles. The van der Waals surface area contributed by atoms with E-state index in [1.807, 2.05) is 0 Å². The van der Waals surface area contributed by atoms with E-state index in [0.29, 0.717) is 12.1 Å². The first-order valence-electron chi connectivity index (χ1n) is 5.60. The van der Waals surface area contributed by atoms with Crippen molar-refractivity contribution in [2.45, 2.75) is 0 Å². The number of hydrogen-bond acceptors (Lipinski definition) is 1. The van der Waals surface area contributed by atoms with Gasteiger partial charge in [-0.1, -0.05) is 0 Å². The molecule has 0 N–H and O–H groups in total. The number of ketones is 1. The van der Waals surface area contributed by atoms with Gasteiger partial charge in [0.25, 0.3) is 0 Å². The molecule has 0 aromatic heterocycles. The van der Waals surface area contributed by atoms with Gasteiger partial charge < -0.3 is 0 Å². The maximum atomic E-state index is 13.3. The lowest BCUT2D eigenvalue weighted by Crippen LogP contribution is -1.99. The van der Waals surface area contributed by atoms with Crippen molar-refractivity contribution in [3.8, 4) is 0 Å². The zero-order valence-corrected chi connectivity index (χ0v) is 10.0. The van der Waals surface area contributed by atoms with Crippen LogP contribution in [0.15, 0.2) is 42.5 Å². The van der Waals surface area contributed by atoms with Gasteiger partial charge in [0, 0.05) is 17.7 Å². The van der Waals surface area contributed by atoms with E-state index in [1.165, 1.54) is 0 Å². The summed E-state index contributed by atoms with van der Waals surface area (Å²) in [5.74, 6) is -4.12. The molecule has 0 fully saturated rings. The molecule has 0 aliphatic heterocycles. The Kier molecular flexibility index (Phi) is 3.98. The Hall–Kier alpha value is -2.43. The Bertz CT molecular complexity index is 692. The van der Waals surface area contributed by atoms with E-state index in [-0.39, 0.29) is 11.1 Å². The molecule has 102 valence electrons. The van der Waals surface area contributed by atoms with Gasteiger partial charge in [0.1, 0.15) is 23.3 Å². The number of allylic oxidation sites excluding steroid dienone is 1. The summed E-state index contributed by atoms with van der Waals surface area (Å²) in [6, 6.07) is 5.38. The maximum absolute atomic E-state index is 13.3. The van der Waals surface area contributed by atoms with Crippen LogP contribution in [0.5, 0.6) is 0 Å². The van der Waals surface area contributed by atoms with Gasteiger partial charge in [-0.05, 0) is 36.4 Å². The van der Waals surface area contributed by atoms with E-state index in [4.69, 9.17) is 0 Å². The SMILES string of the molecule is O=C(C=Cc1ccc(F)cc1F)c1ccc(F)cc1F. The van der Waals surface area contributed by atoms with Gasteiger partial charge in [-0.2, -0.15) is 0 Å². The molecule has 2 aromatic carbocycles. The van der Waals surface area contributed by atoms with Crippen molar-refractivity contribution >= 4 is 11.9 Å². The first-order valence-corrected chi connectivity index (χ1v) is 5.60. The summed E-state index contributed by atoms with van der Waals surface area (Å²) in [7, 11) is 0. The topological polar surface area (TPSA) is 17.1 Å². The lowest BCUT2D eigenvalue weighted by molar-refractivity contribution is 0.104. The van der Waals surface area contributed by atoms with Gasteiger partial charge in [-0.15, -0.1) is 0 Å². The third kappa shape index (κ3) is 3.12. The van der Waals surface area contributed by atoms with Gasteiger partial charge in [-0.3, -0.25) is 4.79 Å². The second-order valence-corrected chi connectivity index (χ2v) is 3.99. The predicted octanol–water partition coefficient (Wildman–Crippen LogP) is 4.14. The van der Waals surface area contributed by atoms with Gasteiger partial charge in [-0.25, -0.2) is 17.6 Å². The van der Waals surface area contributed by atoms with E-state index in [9.17, 15) is 22.4 Å². The van der Waals surface area contributed by atoms with Crippen LogP contribution in [0.3, 0.4) is 0 Å². The third-order valence-corrected chi connectivity index (χ3v) is 2.57. The zero-order valence-electron chi connectivity index (χ0n) is 10.0. The highest BCUT2D eigenvalue weighted by Gasteiger charge is 2.10. The van der Waals surface area contributed by atoms with Crippen molar-refractivity contribution in [3.05, 3.63) is 76.9 Å². The Labute approximate surface area is 112 Å². The molecule has 0 bridgehead atoms. The van der Waals surface area contributed by atoms with Crippen LogP contribution in [0.2, 0.25) is 0 Å². The number of carbonyl (C=O) groups excluding carboxylic acids is 1. The number of halogens is 4. The molecule has 0 radical (unpaired) electrons. The number of hydrogen-bond donors (Lipinski definition) is 0. The summed E-state index contributed by atoms with van der Waals surface area (Å²) >= 11 is 0. The smallest absolute Gasteiger partial charge is 0.188 e. The predicted molar refractivity (Wildman–Crippen MR) is 66.1 cm³/mol. The fraction of sp³-hybridized carbons (Fsp3) is 0. The lowest BCUT2D eigenvalue weighted by atomic mass is 10.1. The van der Waals surface area contributed by atoms with E-state index in [1.54, 1.807) is 0 Å². The van der Waals surface area contributed by atoms with Crippen LogP contribution in [-0.2, 0) is 0 Å². The molecule has 0 heterocycles. The molecule has 0 atom stereocenters. The van der Waals surface area contributed by atoms with Crippen molar-refractivity contribution in [1.29, 1.82) is 0 Å². The van der Waals surface area contributed by atoms with Crippen LogP contribution < -0.4 is 0 Å². The van der Waals surface area contributed by atoms with Crippen molar-refractivity contribution in [2.24, 2.45) is 0 Å². The molecule has 0 saturated heterocycles. The Balaban J connectivity index is 2.24. The molecule has 1 nitrogen and oxygen atoms in total. The van der Waals surface area contributed by atoms with Crippen LogP contribution in [0.1, 0.15) is 15.9 Å². The van der Waals surface area contributed by atoms with Gasteiger partial charge in [0.15, 0.2) is 5.78 Å². The monoisotopic (exact) mass is 280 g/mol. The summed E-state index contributed by atoms with van der Waals surface area (Å²) in [4.78, 5) is 11.7. The van der Waals surface area contributed by atoms with Crippen molar-refractivity contribution < 1.29 is 22.4 Å². The summed E-state index contributed by atoms with van der Waals surface area (Å²) in [6.07, 6.45) is 2.03. The molecule has 2 aromatic rings. The first kappa shape index (κ1) is 14.0. The minimum atomic E-state index is -1.00. The van der Waals surface area contributed by atoms with Crippen LogP contribution in [0.4, 0.5) is 17.6 Å². The Morgan fingerprint density at radius 2 is 1.45 bits per heavy atom. The molecule has 0 aliphatic rings. The fourth-order valence-corrected chi connectivity index (χ4v) is 1.58. The highest BCUT2D eigenvalue weighted by Crippen LogP contribution is 2.14. The highest BCUT2D eigenvalue weighted by atomic mass is 19.1. The maximum Gasteiger partial charge on any atom is 0.188 e. The molecule has 0 amide bonds. The van der Waals surface area contributed by atoms with Crippen molar-refractivity contribution in [3.63, 3.8) is 0 Å². The molecule has 0 unspecified atom stereocenters. The minimum absolute atomic E-state index is 0.0118. The van der Waals surface area contributed by atoms with Crippen LogP contribution in [0.25, 0.3) is 6.08 Å². The zero-order chi connectivity index (χ0) is 14.7. The van der Waals surface area contributed by atoms with Gasteiger partial charge in [0.05, 0.1) is 5.56 Å². The summed E-state index contributed by atoms with van der Waals surface area (Å²) in [6.45, 7) is 0. The summed E-state index contributed by atoms with van der Waals surface area (Å²) in [5, 5.41) is 0. The van der Waals surface area contributed by atoms with Crippen molar-refractivity contribution in [1.82, 2.24) is 0 Å². The number of benzene rings is 2. The summed E-state index contributed by atoms with van der Waals surface area (Å²) in [5.41, 5.74) is -0.340. The third-order valence-electron chi connectivity index (χ3n) is 2.57. The van der Waals surface area contributed by atoms with Crippen molar-refractivity contribution in [2.75, 3.05) is 0 Å². The molecule has 2 rings (SSSR count). The molecular weight excluding hydrogens is 272 g/mol. The standard InChI is InChI=1S/C15H8F4O/c16-10-3-1-9(13(18)7-10)2-6-15(20)12-5-4-11(17)8-14(12)19/h1-8H. The average molecular weight is 280 g/mol. The van der Waals surface area contributed by atoms with E-state index < -0.39 is 29.1 Å². The molecule has 20 heavy (non-hydrogen) atoms. The van der Waals surface area contributed by atoms with Crippen LogP contribution in [0, 0.1) is 23.3 Å². The largest absolute Gasteiger partial charge is 0.289 e. The highest BCUT2D eigenvalue weighted by molar-refractivity contribution is 6.06. The quantitative estimate of drug-likeness (QED) is 0.469. The normalized spacial score (nSPS) is 11.0. The molecule has 0 saturated carbocycles.